The van der Waals surface area contributed by atoms with Gasteiger partial charge in [0.1, 0.15) is 5.69 Å². The van der Waals surface area contributed by atoms with Gasteiger partial charge in [0.2, 0.25) is 0 Å². The molecule has 0 atom stereocenters. The van der Waals surface area contributed by atoms with Gasteiger partial charge in [-0.05, 0) is 44.1 Å². The Morgan fingerprint density at radius 3 is 2.06 bits per heavy atom. The van der Waals surface area contributed by atoms with Gasteiger partial charge in [-0.25, -0.2) is 0 Å². The lowest BCUT2D eigenvalue weighted by Crippen LogP contribution is -2.35. The Hall–Kier alpha value is -3.37. The molecular weight excluding hydrogens is 430 g/mol. The molecule has 1 aromatic heterocycles. The summed E-state index contributed by atoms with van der Waals surface area (Å²) in [6.07, 6.45) is 4.52. The molecule has 1 N–H and O–H groups in total. The van der Waals surface area contributed by atoms with Crippen LogP contribution in [0.5, 0.6) is 0 Å². The van der Waals surface area contributed by atoms with Gasteiger partial charge in [-0.15, -0.1) is 0 Å². The van der Waals surface area contributed by atoms with Crippen molar-refractivity contribution in [3.63, 3.8) is 0 Å². The van der Waals surface area contributed by atoms with Crippen molar-refractivity contribution in [2.75, 3.05) is 20.6 Å². The van der Waals surface area contributed by atoms with Gasteiger partial charge in [-0.2, -0.15) is 0 Å². The Labute approximate surface area is 208 Å². The highest BCUT2D eigenvalue weighted by Crippen LogP contribution is 2.40. The van der Waals surface area contributed by atoms with Crippen molar-refractivity contribution in [1.82, 2.24) is 14.8 Å². The summed E-state index contributed by atoms with van der Waals surface area (Å²) in [5.74, 6) is 0.0194. The summed E-state index contributed by atoms with van der Waals surface area (Å²) in [6.45, 7) is 1.63. The van der Waals surface area contributed by atoms with Crippen molar-refractivity contribution < 1.29 is 4.79 Å². The normalized spacial score (nSPS) is 14.3. The van der Waals surface area contributed by atoms with Gasteiger partial charge in [-0.3, -0.25) is 4.79 Å². The summed E-state index contributed by atoms with van der Waals surface area (Å²) in [6, 6.07) is 30.0. The Bertz CT molecular complexity index is 1230. The summed E-state index contributed by atoms with van der Waals surface area (Å²) in [4.78, 5) is 16.3. The highest BCUT2D eigenvalue weighted by Gasteiger charge is 2.31. The Morgan fingerprint density at radius 2 is 1.46 bits per heavy atom. The van der Waals surface area contributed by atoms with Crippen LogP contribution < -0.4 is 5.32 Å². The Balaban J connectivity index is 1.75. The second kappa shape index (κ2) is 10.5. The number of rotatable bonds is 8. The fraction of sp³-hybridized carbons (Fsp3) is 0.323. The van der Waals surface area contributed by atoms with Crippen molar-refractivity contribution in [2.45, 2.75) is 44.2 Å². The number of carbonyl (C=O) groups excluding carboxylic acids is 1. The minimum atomic E-state index is -0.0350. The van der Waals surface area contributed by atoms with Crippen LogP contribution in [0.25, 0.3) is 10.9 Å². The summed E-state index contributed by atoms with van der Waals surface area (Å²) in [5, 5.41) is 4.56. The highest BCUT2D eigenvalue weighted by atomic mass is 16.2. The number of benzene rings is 3. The number of nitrogens with zero attached hydrogens (tertiary/aromatic N) is 2. The molecule has 0 saturated heterocycles. The molecule has 1 aliphatic rings. The van der Waals surface area contributed by atoms with E-state index < -0.39 is 0 Å². The minimum Gasteiger partial charge on any atom is -0.348 e. The van der Waals surface area contributed by atoms with Gasteiger partial charge in [0.15, 0.2) is 0 Å². The van der Waals surface area contributed by atoms with Crippen LogP contribution in [0.1, 0.15) is 58.8 Å². The first-order chi connectivity index (χ1) is 17.1. The number of nitrogens with one attached hydrogen (secondary N) is 1. The van der Waals surface area contributed by atoms with Crippen molar-refractivity contribution in [3.8, 4) is 0 Å². The molecule has 0 radical (unpaired) electrons. The van der Waals surface area contributed by atoms with Gasteiger partial charge >= 0.3 is 0 Å². The number of carbonyl (C=O) groups is 1. The first kappa shape index (κ1) is 23.4. The van der Waals surface area contributed by atoms with Crippen LogP contribution in [0.3, 0.4) is 0 Å². The van der Waals surface area contributed by atoms with Gasteiger partial charge in [0.25, 0.3) is 5.91 Å². The molecule has 0 aliphatic heterocycles. The molecular formula is C31H35N3O. The zero-order chi connectivity index (χ0) is 24.2. The zero-order valence-electron chi connectivity index (χ0n) is 20.8. The van der Waals surface area contributed by atoms with Crippen molar-refractivity contribution in [1.29, 1.82) is 0 Å². The van der Waals surface area contributed by atoms with E-state index in [1.165, 1.54) is 24.0 Å². The van der Waals surface area contributed by atoms with E-state index in [4.69, 9.17) is 0 Å². The molecule has 1 fully saturated rings. The third-order valence-electron chi connectivity index (χ3n) is 7.24. The van der Waals surface area contributed by atoms with Crippen LogP contribution in [-0.4, -0.2) is 42.1 Å². The molecule has 4 heteroatoms. The second-order valence-electron chi connectivity index (χ2n) is 9.94. The van der Waals surface area contributed by atoms with Crippen LogP contribution in [0.4, 0.5) is 0 Å². The van der Waals surface area contributed by atoms with Crippen LogP contribution in [0.2, 0.25) is 0 Å². The average Bonchev–Trinajstić information content (AvgIpc) is 3.50. The van der Waals surface area contributed by atoms with Crippen LogP contribution in [-0.2, 0) is 6.54 Å². The average molecular weight is 466 g/mol. The molecule has 5 rings (SSSR count). The van der Waals surface area contributed by atoms with E-state index >= 15 is 0 Å². The largest absolute Gasteiger partial charge is 0.348 e. The summed E-state index contributed by atoms with van der Waals surface area (Å²) in [7, 11) is 4.17. The smallest absolute Gasteiger partial charge is 0.268 e. The predicted octanol–water partition coefficient (Wildman–Crippen LogP) is 6.06. The van der Waals surface area contributed by atoms with E-state index in [1.807, 2.05) is 0 Å². The molecule has 35 heavy (non-hydrogen) atoms. The fourth-order valence-electron chi connectivity index (χ4n) is 5.54. The first-order valence-electron chi connectivity index (χ1n) is 12.8. The Kier molecular flexibility index (Phi) is 7.01. The van der Waals surface area contributed by atoms with Crippen LogP contribution in [0.15, 0.2) is 84.9 Å². The van der Waals surface area contributed by atoms with E-state index in [-0.39, 0.29) is 17.9 Å². The lowest BCUT2D eigenvalue weighted by molar-refractivity contribution is 0.0927. The summed E-state index contributed by atoms with van der Waals surface area (Å²) >= 11 is 0. The molecule has 1 aliphatic carbocycles. The van der Waals surface area contributed by atoms with Crippen LogP contribution >= 0.6 is 0 Å². The Morgan fingerprint density at radius 1 is 0.886 bits per heavy atom. The van der Waals surface area contributed by atoms with Crippen molar-refractivity contribution >= 4 is 16.8 Å². The van der Waals surface area contributed by atoms with E-state index in [2.05, 4.69) is 114 Å². The standard InChI is InChI=1S/C31H35N3O/c1-33(2)21-22-34-27-20-12-11-19-26(27)29(30(34)31(35)32-25-17-9-10-18-25)28(23-13-5-3-6-14-23)24-15-7-4-8-16-24/h3-8,11-16,19-20,25,28H,9-10,17-18,21-22H2,1-2H3,(H,32,35). The molecule has 0 bridgehead atoms. The fourth-order valence-corrected chi connectivity index (χ4v) is 5.54. The maximum absolute atomic E-state index is 14.1. The van der Waals surface area contributed by atoms with Gasteiger partial charge in [-0.1, -0.05) is 91.7 Å². The van der Waals surface area contributed by atoms with Crippen molar-refractivity contribution in [2.24, 2.45) is 0 Å². The number of likely N-dealkylation sites (N-methyl/N-ethyl adjacent to an activating group) is 1. The highest BCUT2D eigenvalue weighted by molar-refractivity contribution is 6.03. The SMILES string of the molecule is CN(C)CCn1c(C(=O)NC2CCCC2)c(C(c2ccccc2)c2ccccc2)c2ccccc21. The summed E-state index contributed by atoms with van der Waals surface area (Å²) in [5.41, 5.74) is 5.43. The predicted molar refractivity (Wildman–Crippen MR) is 144 cm³/mol. The molecule has 180 valence electrons. The molecule has 3 aromatic carbocycles. The number of hydrogen-bond acceptors (Lipinski definition) is 2. The lowest BCUT2D eigenvalue weighted by atomic mass is 9.83. The lowest BCUT2D eigenvalue weighted by Gasteiger charge is -2.22. The number of fused-ring (bicyclic) bond motifs is 1. The summed E-state index contributed by atoms with van der Waals surface area (Å²) < 4.78 is 2.26. The molecule has 1 amide bonds. The first-order valence-corrected chi connectivity index (χ1v) is 12.8. The van der Waals surface area contributed by atoms with Crippen LogP contribution in [0, 0.1) is 0 Å². The maximum atomic E-state index is 14.1. The molecule has 4 nitrogen and oxygen atoms in total. The van der Waals surface area contributed by atoms with Crippen molar-refractivity contribution in [3.05, 3.63) is 107 Å². The number of hydrogen-bond donors (Lipinski definition) is 1. The zero-order valence-corrected chi connectivity index (χ0v) is 20.8. The number of aromatic nitrogens is 1. The second-order valence-corrected chi connectivity index (χ2v) is 9.94. The molecule has 1 saturated carbocycles. The van der Waals surface area contributed by atoms with Gasteiger partial charge in [0.05, 0.1) is 0 Å². The minimum absolute atomic E-state index is 0.0350. The number of para-hydroxylation sites is 1. The molecule has 0 unspecified atom stereocenters. The van der Waals surface area contributed by atoms with E-state index in [1.54, 1.807) is 0 Å². The van der Waals surface area contributed by atoms with Gasteiger partial charge < -0.3 is 14.8 Å². The van der Waals surface area contributed by atoms with E-state index in [9.17, 15) is 4.79 Å². The topological polar surface area (TPSA) is 37.3 Å². The third-order valence-corrected chi connectivity index (χ3v) is 7.24. The van der Waals surface area contributed by atoms with E-state index in [0.29, 0.717) is 0 Å². The molecule has 1 heterocycles. The van der Waals surface area contributed by atoms with E-state index in [0.717, 1.165) is 48.1 Å². The molecule has 4 aromatic rings. The molecule has 0 spiro atoms. The monoisotopic (exact) mass is 465 g/mol. The number of amides is 1. The van der Waals surface area contributed by atoms with Gasteiger partial charge in [0, 0.05) is 41.5 Å². The third kappa shape index (κ3) is 4.89. The quantitative estimate of drug-likeness (QED) is 0.344. The maximum Gasteiger partial charge on any atom is 0.268 e.